The Morgan fingerprint density at radius 2 is 1.97 bits per heavy atom. The van der Waals surface area contributed by atoms with Gasteiger partial charge in [-0.05, 0) is 42.5 Å². The van der Waals surface area contributed by atoms with Crippen molar-refractivity contribution in [1.82, 2.24) is 14.5 Å². The summed E-state index contributed by atoms with van der Waals surface area (Å²) in [5.74, 6) is 0.712. The third-order valence-corrected chi connectivity index (χ3v) is 5.33. The standard InChI is InChI=1S/C21H11FN4OS.C2H6/c22-14-4-5-16-19(11-14)28-21(25-16)26-9-7-15-17(26)2-1-3-18(15)27-20-10-13(12-23)6-8-24-20;1-2/h1-11H;1-2H3. The Labute approximate surface area is 176 Å². The molecule has 0 aliphatic rings. The summed E-state index contributed by atoms with van der Waals surface area (Å²) >= 11 is 1.42. The lowest BCUT2D eigenvalue weighted by Crippen LogP contribution is -1.92. The normalized spacial score (nSPS) is 10.5. The Hall–Kier alpha value is -3.76. The first-order valence-electron chi connectivity index (χ1n) is 9.42. The maximum absolute atomic E-state index is 13.5. The fourth-order valence-electron chi connectivity index (χ4n) is 3.03. The highest BCUT2D eigenvalue weighted by molar-refractivity contribution is 7.20. The lowest BCUT2D eigenvalue weighted by atomic mass is 10.2. The van der Waals surface area contributed by atoms with Crippen LogP contribution in [-0.4, -0.2) is 14.5 Å². The van der Waals surface area contributed by atoms with Crippen LogP contribution in [0, 0.1) is 17.1 Å². The van der Waals surface area contributed by atoms with Gasteiger partial charge in [-0.25, -0.2) is 14.4 Å². The van der Waals surface area contributed by atoms with Gasteiger partial charge in [0.15, 0.2) is 5.13 Å². The maximum Gasteiger partial charge on any atom is 0.220 e. The minimum atomic E-state index is -0.275. The van der Waals surface area contributed by atoms with Crippen LogP contribution in [0.3, 0.4) is 0 Å². The predicted molar refractivity (Wildman–Crippen MR) is 117 cm³/mol. The monoisotopic (exact) mass is 416 g/mol. The smallest absolute Gasteiger partial charge is 0.220 e. The van der Waals surface area contributed by atoms with Crippen LogP contribution in [0.25, 0.3) is 26.3 Å². The molecule has 7 heteroatoms. The van der Waals surface area contributed by atoms with Gasteiger partial charge in [0.25, 0.3) is 0 Å². The molecule has 0 N–H and O–H groups in total. The number of halogens is 1. The lowest BCUT2D eigenvalue weighted by molar-refractivity contribution is 0.468. The molecule has 0 radical (unpaired) electrons. The van der Waals surface area contributed by atoms with Crippen molar-refractivity contribution in [2.45, 2.75) is 13.8 Å². The highest BCUT2D eigenvalue weighted by atomic mass is 32.1. The number of rotatable bonds is 3. The van der Waals surface area contributed by atoms with Gasteiger partial charge in [-0.2, -0.15) is 5.26 Å². The Morgan fingerprint density at radius 1 is 1.10 bits per heavy atom. The van der Waals surface area contributed by atoms with Crippen molar-refractivity contribution in [3.8, 4) is 22.8 Å². The first-order valence-corrected chi connectivity index (χ1v) is 10.2. The number of benzene rings is 2. The molecule has 0 atom stereocenters. The van der Waals surface area contributed by atoms with Gasteiger partial charge in [0, 0.05) is 23.8 Å². The Morgan fingerprint density at radius 3 is 2.80 bits per heavy atom. The summed E-state index contributed by atoms with van der Waals surface area (Å²) < 4.78 is 22.1. The number of hydrogen-bond acceptors (Lipinski definition) is 5. The molecule has 0 aliphatic carbocycles. The van der Waals surface area contributed by atoms with Crippen molar-refractivity contribution in [3.05, 3.63) is 78.4 Å². The molecular formula is C23H17FN4OS. The van der Waals surface area contributed by atoms with Gasteiger partial charge in [-0.1, -0.05) is 31.3 Å². The number of hydrogen-bond donors (Lipinski definition) is 0. The molecule has 0 spiro atoms. The van der Waals surface area contributed by atoms with E-state index < -0.39 is 0 Å². The SMILES string of the molecule is CC.N#Cc1ccnc(Oc2cccc3c2ccn3-c2nc3ccc(F)cc3s2)c1. The van der Waals surface area contributed by atoms with Crippen LogP contribution in [0.4, 0.5) is 4.39 Å². The molecule has 0 unspecified atom stereocenters. The van der Waals surface area contributed by atoms with Crippen LogP contribution < -0.4 is 4.74 Å². The van der Waals surface area contributed by atoms with Gasteiger partial charge < -0.3 is 4.74 Å². The molecule has 5 rings (SSSR count). The summed E-state index contributed by atoms with van der Waals surface area (Å²) in [6, 6.07) is 17.5. The van der Waals surface area contributed by atoms with E-state index in [9.17, 15) is 4.39 Å². The van der Waals surface area contributed by atoms with Crippen molar-refractivity contribution >= 4 is 32.5 Å². The molecule has 0 fully saturated rings. The van der Waals surface area contributed by atoms with E-state index in [0.717, 1.165) is 26.3 Å². The van der Waals surface area contributed by atoms with E-state index in [-0.39, 0.29) is 5.82 Å². The largest absolute Gasteiger partial charge is 0.438 e. The highest BCUT2D eigenvalue weighted by Crippen LogP contribution is 2.33. The van der Waals surface area contributed by atoms with Gasteiger partial charge in [0.05, 0.1) is 27.4 Å². The van der Waals surface area contributed by atoms with Crippen LogP contribution in [0.2, 0.25) is 0 Å². The summed E-state index contributed by atoms with van der Waals surface area (Å²) in [4.78, 5) is 8.77. The summed E-state index contributed by atoms with van der Waals surface area (Å²) in [5.41, 5.74) is 2.15. The van der Waals surface area contributed by atoms with E-state index in [1.54, 1.807) is 24.4 Å². The van der Waals surface area contributed by atoms with Gasteiger partial charge >= 0.3 is 0 Å². The second-order valence-electron chi connectivity index (χ2n) is 6.08. The number of nitrogens with zero attached hydrogens (tertiary/aromatic N) is 4. The molecule has 148 valence electrons. The number of fused-ring (bicyclic) bond motifs is 2. The molecule has 3 aromatic heterocycles. The van der Waals surface area contributed by atoms with Crippen LogP contribution >= 0.6 is 11.3 Å². The Balaban J connectivity index is 0.00000106. The maximum atomic E-state index is 13.5. The molecular weight excluding hydrogens is 399 g/mol. The third kappa shape index (κ3) is 3.61. The molecule has 0 saturated carbocycles. The van der Waals surface area contributed by atoms with E-state index in [1.165, 1.54) is 23.5 Å². The summed E-state index contributed by atoms with van der Waals surface area (Å²) in [6.07, 6.45) is 3.45. The number of aromatic nitrogens is 3. The topological polar surface area (TPSA) is 63.7 Å². The molecule has 0 aliphatic heterocycles. The van der Waals surface area contributed by atoms with Gasteiger partial charge in [0.1, 0.15) is 11.6 Å². The molecule has 3 heterocycles. The minimum absolute atomic E-state index is 0.275. The number of ether oxygens (including phenoxy) is 1. The number of nitriles is 1. The number of pyridine rings is 1. The van der Waals surface area contributed by atoms with E-state index in [1.807, 2.05) is 48.9 Å². The fourth-order valence-corrected chi connectivity index (χ4v) is 4.02. The molecule has 0 saturated heterocycles. The van der Waals surface area contributed by atoms with E-state index in [2.05, 4.69) is 16.0 Å². The molecule has 5 aromatic rings. The second-order valence-corrected chi connectivity index (χ2v) is 7.09. The lowest BCUT2D eigenvalue weighted by Gasteiger charge is -2.07. The highest BCUT2D eigenvalue weighted by Gasteiger charge is 2.13. The first-order chi connectivity index (χ1) is 14.7. The average Bonchev–Trinajstić information content (AvgIpc) is 3.39. The number of thiazole rings is 1. The average molecular weight is 416 g/mol. The summed E-state index contributed by atoms with van der Waals surface area (Å²) in [7, 11) is 0. The van der Waals surface area contributed by atoms with Gasteiger partial charge in [-0.15, -0.1) is 0 Å². The molecule has 0 bridgehead atoms. The quantitative estimate of drug-likeness (QED) is 0.338. The van der Waals surface area contributed by atoms with Crippen molar-refractivity contribution in [3.63, 3.8) is 0 Å². The molecule has 2 aromatic carbocycles. The third-order valence-electron chi connectivity index (χ3n) is 4.32. The molecule has 30 heavy (non-hydrogen) atoms. The minimum Gasteiger partial charge on any atom is -0.438 e. The van der Waals surface area contributed by atoms with Gasteiger partial charge in [0.2, 0.25) is 5.88 Å². The second kappa shape index (κ2) is 8.31. The Kier molecular flexibility index (Phi) is 5.42. The van der Waals surface area contributed by atoms with Crippen molar-refractivity contribution in [2.75, 3.05) is 0 Å². The zero-order chi connectivity index (χ0) is 21.1. The first kappa shape index (κ1) is 19.6. The van der Waals surface area contributed by atoms with Crippen molar-refractivity contribution in [2.24, 2.45) is 0 Å². The van der Waals surface area contributed by atoms with E-state index in [4.69, 9.17) is 10.00 Å². The van der Waals surface area contributed by atoms with E-state index in [0.29, 0.717) is 17.2 Å². The predicted octanol–water partition coefficient (Wildman–Crippen LogP) is 6.46. The Bertz CT molecular complexity index is 1380. The fraction of sp³-hybridized carbons (Fsp3) is 0.0870. The molecule has 0 amide bonds. The molecule has 5 nitrogen and oxygen atoms in total. The van der Waals surface area contributed by atoms with Crippen LogP contribution in [0.1, 0.15) is 19.4 Å². The summed E-state index contributed by atoms with van der Waals surface area (Å²) in [5, 5.41) is 10.7. The van der Waals surface area contributed by atoms with Crippen molar-refractivity contribution in [1.29, 1.82) is 5.26 Å². The van der Waals surface area contributed by atoms with Crippen LogP contribution in [0.5, 0.6) is 11.6 Å². The zero-order valence-corrected chi connectivity index (χ0v) is 17.2. The van der Waals surface area contributed by atoms with Gasteiger partial charge in [-0.3, -0.25) is 4.57 Å². The zero-order valence-electron chi connectivity index (χ0n) is 16.3. The van der Waals surface area contributed by atoms with E-state index >= 15 is 0 Å². The summed E-state index contributed by atoms with van der Waals surface area (Å²) in [6.45, 7) is 4.00. The van der Waals surface area contributed by atoms with Crippen LogP contribution in [0.15, 0.2) is 67.0 Å². The van der Waals surface area contributed by atoms with Crippen molar-refractivity contribution < 1.29 is 9.13 Å². The van der Waals surface area contributed by atoms with Crippen LogP contribution in [-0.2, 0) is 0 Å².